The highest BCUT2D eigenvalue weighted by Crippen LogP contribution is 2.53. The number of phenols is 1. The van der Waals surface area contributed by atoms with Crippen molar-refractivity contribution in [1.82, 2.24) is 0 Å². The molecule has 1 N–H and O–H groups in total. The first-order chi connectivity index (χ1) is 6.25. The minimum atomic E-state index is -1.87. The zero-order chi connectivity index (χ0) is 11.0. The van der Waals surface area contributed by atoms with Gasteiger partial charge >= 0.3 is 0 Å². The molecule has 6 heteroatoms. The van der Waals surface area contributed by atoms with Crippen LogP contribution in [0.2, 0.25) is 0 Å². The highest BCUT2D eigenvalue weighted by atomic mass is 35.6. The van der Waals surface area contributed by atoms with E-state index in [1.807, 2.05) is 0 Å². The summed E-state index contributed by atoms with van der Waals surface area (Å²) in [5.41, 5.74) is 0.320. The van der Waals surface area contributed by atoms with E-state index in [-0.39, 0.29) is 5.75 Å². The van der Waals surface area contributed by atoms with E-state index in [2.05, 4.69) is 0 Å². The van der Waals surface area contributed by atoms with Gasteiger partial charge in [0.05, 0.1) is 0 Å². The molecule has 0 saturated carbocycles. The lowest BCUT2D eigenvalue weighted by Gasteiger charge is -2.27. The third-order valence-corrected chi connectivity index (χ3v) is 4.00. The second-order valence-electron chi connectivity index (χ2n) is 2.62. The summed E-state index contributed by atoms with van der Waals surface area (Å²) >= 11 is 28.5. The van der Waals surface area contributed by atoms with Gasteiger partial charge in [0.2, 0.25) is 3.79 Å². The van der Waals surface area contributed by atoms with Gasteiger partial charge in [0.1, 0.15) is 5.75 Å². The van der Waals surface area contributed by atoms with Crippen molar-refractivity contribution in [3.05, 3.63) is 29.8 Å². The van der Waals surface area contributed by atoms with Crippen LogP contribution in [0.5, 0.6) is 5.75 Å². The lowest BCUT2D eigenvalue weighted by molar-refractivity contribution is 0.474. The summed E-state index contributed by atoms with van der Waals surface area (Å²) in [6.45, 7) is 0. The molecule has 78 valence electrons. The number of phenolic OH excluding ortho intramolecular Hbond substituents is 1. The van der Waals surface area contributed by atoms with Crippen LogP contribution in [0.3, 0.4) is 0 Å². The zero-order valence-electron chi connectivity index (χ0n) is 6.65. The Labute approximate surface area is 106 Å². The predicted molar refractivity (Wildman–Crippen MR) is 61.8 cm³/mol. The smallest absolute Gasteiger partial charge is 0.227 e. The Hall–Kier alpha value is 0.470. The summed E-state index contributed by atoms with van der Waals surface area (Å²) in [5, 5.41) is 9.20. The molecule has 0 radical (unpaired) electrons. The molecule has 1 aromatic carbocycles. The number of hydrogen-bond donors (Lipinski definition) is 1. The van der Waals surface area contributed by atoms with Crippen LogP contribution in [-0.4, -0.2) is 8.90 Å². The molecule has 0 fully saturated rings. The Bertz CT molecular complexity index is 331. The molecule has 0 unspecified atom stereocenters. The van der Waals surface area contributed by atoms with Crippen molar-refractivity contribution in [2.75, 3.05) is 0 Å². The standard InChI is InChI=1S/C8H5Cl5O/c9-7(10,8(11,12)13)5-2-1-3-6(14)4-5/h1-4,14H. The maximum Gasteiger partial charge on any atom is 0.227 e. The maximum absolute atomic E-state index is 9.20. The number of benzene rings is 1. The Morgan fingerprint density at radius 1 is 1.00 bits per heavy atom. The van der Waals surface area contributed by atoms with Gasteiger partial charge in [-0.1, -0.05) is 70.1 Å². The highest BCUT2D eigenvalue weighted by molar-refractivity contribution is 6.75. The summed E-state index contributed by atoms with van der Waals surface area (Å²) < 4.78 is -3.57. The quantitative estimate of drug-likeness (QED) is 0.761. The van der Waals surface area contributed by atoms with Crippen LogP contribution in [0.1, 0.15) is 5.56 Å². The van der Waals surface area contributed by atoms with Gasteiger partial charge in [-0.15, -0.1) is 0 Å². The first-order valence-corrected chi connectivity index (χ1v) is 5.38. The van der Waals surface area contributed by atoms with Crippen molar-refractivity contribution in [2.24, 2.45) is 0 Å². The first kappa shape index (κ1) is 12.5. The Morgan fingerprint density at radius 2 is 1.57 bits per heavy atom. The topological polar surface area (TPSA) is 20.2 Å². The molecule has 0 aliphatic rings. The largest absolute Gasteiger partial charge is 0.508 e. The SMILES string of the molecule is Oc1cccc(C(Cl)(Cl)C(Cl)(Cl)Cl)c1. The van der Waals surface area contributed by atoms with Crippen molar-refractivity contribution in [3.8, 4) is 5.75 Å². The van der Waals surface area contributed by atoms with Crippen LogP contribution >= 0.6 is 58.0 Å². The van der Waals surface area contributed by atoms with Gasteiger partial charge in [-0.05, 0) is 17.7 Å². The van der Waals surface area contributed by atoms with Crippen LogP contribution < -0.4 is 0 Å². The van der Waals surface area contributed by atoms with E-state index in [0.29, 0.717) is 5.56 Å². The van der Waals surface area contributed by atoms with Crippen LogP contribution in [0.25, 0.3) is 0 Å². The van der Waals surface area contributed by atoms with E-state index < -0.39 is 8.13 Å². The van der Waals surface area contributed by atoms with Crippen LogP contribution in [0, 0.1) is 0 Å². The lowest BCUT2D eigenvalue weighted by Crippen LogP contribution is -2.28. The van der Waals surface area contributed by atoms with Crippen molar-refractivity contribution < 1.29 is 5.11 Å². The maximum atomic E-state index is 9.20. The number of halogens is 5. The highest BCUT2D eigenvalue weighted by Gasteiger charge is 2.47. The minimum absolute atomic E-state index is 0.00225. The molecule has 0 atom stereocenters. The number of aromatic hydroxyl groups is 1. The normalized spacial score (nSPS) is 12.9. The van der Waals surface area contributed by atoms with Gasteiger partial charge in [-0.25, -0.2) is 0 Å². The summed E-state index contributed by atoms with van der Waals surface area (Å²) in [6.07, 6.45) is 0. The van der Waals surface area contributed by atoms with Gasteiger partial charge in [0.15, 0.2) is 4.33 Å². The molecule has 0 spiro atoms. The van der Waals surface area contributed by atoms with E-state index in [0.717, 1.165) is 0 Å². The molecule has 0 saturated heterocycles. The Kier molecular flexibility index (Phi) is 3.72. The van der Waals surface area contributed by atoms with E-state index >= 15 is 0 Å². The fraction of sp³-hybridized carbons (Fsp3) is 0.250. The summed E-state index contributed by atoms with van der Waals surface area (Å²) in [6, 6.07) is 5.91. The van der Waals surface area contributed by atoms with Gasteiger partial charge in [0.25, 0.3) is 0 Å². The van der Waals surface area contributed by atoms with E-state index in [1.54, 1.807) is 12.1 Å². The molecule has 0 aliphatic heterocycles. The van der Waals surface area contributed by atoms with E-state index in [9.17, 15) is 5.11 Å². The fourth-order valence-corrected chi connectivity index (χ4v) is 1.43. The monoisotopic (exact) mass is 292 g/mol. The molecule has 1 nitrogen and oxygen atoms in total. The molecule has 14 heavy (non-hydrogen) atoms. The van der Waals surface area contributed by atoms with Gasteiger partial charge in [-0.3, -0.25) is 0 Å². The minimum Gasteiger partial charge on any atom is -0.508 e. The number of rotatable bonds is 1. The molecule has 0 aromatic heterocycles. The average molecular weight is 294 g/mol. The molecule has 1 aromatic rings. The molecular formula is C8H5Cl5O. The predicted octanol–water partition coefficient (Wildman–Crippen LogP) is 4.39. The van der Waals surface area contributed by atoms with E-state index in [1.165, 1.54) is 12.1 Å². The molecule has 0 bridgehead atoms. The van der Waals surface area contributed by atoms with Crippen LogP contribution in [0.15, 0.2) is 24.3 Å². The van der Waals surface area contributed by atoms with Crippen molar-refractivity contribution in [3.63, 3.8) is 0 Å². The third kappa shape index (κ3) is 2.53. The molecular weight excluding hydrogens is 289 g/mol. The van der Waals surface area contributed by atoms with Gasteiger partial charge in [0, 0.05) is 0 Å². The van der Waals surface area contributed by atoms with Gasteiger partial charge < -0.3 is 5.11 Å². The Balaban J connectivity index is 3.16. The second-order valence-corrected chi connectivity index (χ2v) is 6.23. The van der Waals surface area contributed by atoms with Gasteiger partial charge in [-0.2, -0.15) is 0 Å². The third-order valence-electron chi connectivity index (χ3n) is 1.56. The molecule has 0 amide bonds. The van der Waals surface area contributed by atoms with Crippen LogP contribution in [0.4, 0.5) is 0 Å². The molecule has 1 rings (SSSR count). The molecule has 0 aliphatic carbocycles. The van der Waals surface area contributed by atoms with Crippen molar-refractivity contribution in [2.45, 2.75) is 8.13 Å². The summed E-state index contributed by atoms with van der Waals surface area (Å²) in [5.74, 6) is 0.00225. The van der Waals surface area contributed by atoms with E-state index in [4.69, 9.17) is 58.0 Å². The fourth-order valence-electron chi connectivity index (χ4n) is 0.865. The second kappa shape index (κ2) is 4.15. The zero-order valence-corrected chi connectivity index (χ0v) is 10.4. The Morgan fingerprint density at radius 3 is 2.00 bits per heavy atom. The first-order valence-electron chi connectivity index (χ1n) is 3.49. The summed E-state index contributed by atoms with van der Waals surface area (Å²) in [7, 11) is 0. The number of hydrogen-bond acceptors (Lipinski definition) is 1. The lowest BCUT2D eigenvalue weighted by atomic mass is 10.1. The van der Waals surface area contributed by atoms with Crippen molar-refractivity contribution >= 4 is 58.0 Å². The van der Waals surface area contributed by atoms with Crippen molar-refractivity contribution in [1.29, 1.82) is 0 Å². The average Bonchev–Trinajstić information content (AvgIpc) is 2.02. The summed E-state index contributed by atoms with van der Waals surface area (Å²) in [4.78, 5) is 0. The number of alkyl halides is 5. The molecule has 0 heterocycles. The van der Waals surface area contributed by atoms with Crippen LogP contribution in [-0.2, 0) is 4.33 Å².